The van der Waals surface area contributed by atoms with Crippen molar-refractivity contribution >= 4 is 6.08 Å². The van der Waals surface area contributed by atoms with Gasteiger partial charge < -0.3 is 0 Å². The van der Waals surface area contributed by atoms with Gasteiger partial charge in [0, 0.05) is 0 Å². The first-order valence-electron chi connectivity index (χ1n) is 8.55. The Kier molecular flexibility index (Phi) is 4.20. The lowest BCUT2D eigenvalue weighted by atomic mass is 9.89. The highest BCUT2D eigenvalue weighted by Crippen LogP contribution is 2.38. The van der Waals surface area contributed by atoms with Crippen LogP contribution in [0.2, 0.25) is 0 Å². The largest absolute Gasteiger partial charge is 0.0652 e. The van der Waals surface area contributed by atoms with E-state index in [9.17, 15) is 0 Å². The van der Waals surface area contributed by atoms with Crippen molar-refractivity contribution in [1.29, 1.82) is 0 Å². The van der Waals surface area contributed by atoms with E-state index in [0.29, 0.717) is 0 Å². The number of hydrogen-bond acceptors (Lipinski definition) is 0. The molecular formula is C22H26. The summed E-state index contributed by atoms with van der Waals surface area (Å²) >= 11 is 0. The Balaban J connectivity index is 2.20. The van der Waals surface area contributed by atoms with Gasteiger partial charge in [-0.05, 0) is 60.9 Å². The summed E-state index contributed by atoms with van der Waals surface area (Å²) in [7, 11) is 0. The minimum Gasteiger partial charge on any atom is -0.0652 e. The average Bonchev–Trinajstić information content (AvgIpc) is 2.87. The SMILES string of the molecule is CCCC1=Cc2c(ccc(CC)c2-c2cc(C)cc(C)c2)C1. The predicted molar refractivity (Wildman–Crippen MR) is 97.3 cm³/mol. The summed E-state index contributed by atoms with van der Waals surface area (Å²) in [5.41, 5.74) is 11.6. The second-order valence-corrected chi connectivity index (χ2v) is 6.63. The van der Waals surface area contributed by atoms with E-state index in [2.05, 4.69) is 64.1 Å². The van der Waals surface area contributed by atoms with Gasteiger partial charge in [0.2, 0.25) is 0 Å². The van der Waals surface area contributed by atoms with Crippen LogP contribution in [0.4, 0.5) is 0 Å². The van der Waals surface area contributed by atoms with Crippen molar-refractivity contribution in [3.63, 3.8) is 0 Å². The molecule has 0 spiro atoms. The van der Waals surface area contributed by atoms with Crippen molar-refractivity contribution in [3.05, 3.63) is 63.7 Å². The van der Waals surface area contributed by atoms with Crippen LogP contribution in [0.3, 0.4) is 0 Å². The van der Waals surface area contributed by atoms with Crippen LogP contribution in [0.5, 0.6) is 0 Å². The molecule has 22 heavy (non-hydrogen) atoms. The fourth-order valence-electron chi connectivity index (χ4n) is 3.76. The minimum atomic E-state index is 1.09. The van der Waals surface area contributed by atoms with Crippen molar-refractivity contribution in [2.75, 3.05) is 0 Å². The molecule has 3 rings (SSSR count). The Morgan fingerprint density at radius 3 is 2.32 bits per heavy atom. The maximum absolute atomic E-state index is 2.46. The van der Waals surface area contributed by atoms with E-state index in [4.69, 9.17) is 0 Å². The van der Waals surface area contributed by atoms with Crippen molar-refractivity contribution in [2.24, 2.45) is 0 Å². The van der Waals surface area contributed by atoms with Crippen LogP contribution in [0.1, 0.15) is 54.5 Å². The van der Waals surface area contributed by atoms with E-state index in [-0.39, 0.29) is 0 Å². The number of benzene rings is 2. The molecule has 1 aliphatic carbocycles. The number of hydrogen-bond donors (Lipinski definition) is 0. The Morgan fingerprint density at radius 2 is 1.68 bits per heavy atom. The molecule has 0 heteroatoms. The second-order valence-electron chi connectivity index (χ2n) is 6.63. The zero-order valence-corrected chi connectivity index (χ0v) is 14.3. The maximum Gasteiger partial charge on any atom is -0.00576 e. The highest BCUT2D eigenvalue weighted by molar-refractivity contribution is 5.83. The molecule has 0 amide bonds. The summed E-state index contributed by atoms with van der Waals surface area (Å²) in [5.74, 6) is 0. The number of rotatable bonds is 4. The molecule has 0 aromatic heterocycles. The molecule has 1 aliphatic rings. The second kappa shape index (κ2) is 6.12. The Morgan fingerprint density at radius 1 is 0.955 bits per heavy atom. The van der Waals surface area contributed by atoms with Gasteiger partial charge in [0.05, 0.1) is 0 Å². The monoisotopic (exact) mass is 290 g/mol. The van der Waals surface area contributed by atoms with E-state index in [1.165, 1.54) is 51.8 Å². The van der Waals surface area contributed by atoms with Crippen molar-refractivity contribution in [3.8, 4) is 11.1 Å². The first-order valence-corrected chi connectivity index (χ1v) is 8.55. The summed E-state index contributed by atoms with van der Waals surface area (Å²) in [6, 6.07) is 11.6. The summed E-state index contributed by atoms with van der Waals surface area (Å²) < 4.78 is 0. The van der Waals surface area contributed by atoms with Gasteiger partial charge in [-0.15, -0.1) is 0 Å². The molecule has 0 fully saturated rings. The van der Waals surface area contributed by atoms with Crippen LogP contribution in [0.15, 0.2) is 35.9 Å². The number of aryl methyl sites for hydroxylation is 3. The fraction of sp³-hybridized carbons (Fsp3) is 0.364. The molecule has 0 saturated carbocycles. The molecule has 2 aromatic carbocycles. The Hall–Kier alpha value is -1.82. The molecule has 0 bridgehead atoms. The van der Waals surface area contributed by atoms with Gasteiger partial charge in [-0.1, -0.05) is 73.4 Å². The van der Waals surface area contributed by atoms with Crippen molar-refractivity contribution in [2.45, 2.75) is 53.4 Å². The topological polar surface area (TPSA) is 0 Å². The van der Waals surface area contributed by atoms with Crippen LogP contribution >= 0.6 is 0 Å². The summed E-state index contributed by atoms with van der Waals surface area (Å²) in [4.78, 5) is 0. The van der Waals surface area contributed by atoms with Crippen molar-refractivity contribution in [1.82, 2.24) is 0 Å². The normalized spacial score (nSPS) is 13.2. The van der Waals surface area contributed by atoms with Crippen LogP contribution < -0.4 is 0 Å². The molecule has 0 nitrogen and oxygen atoms in total. The van der Waals surface area contributed by atoms with Crippen LogP contribution in [-0.4, -0.2) is 0 Å². The zero-order valence-electron chi connectivity index (χ0n) is 14.3. The van der Waals surface area contributed by atoms with Gasteiger partial charge in [-0.3, -0.25) is 0 Å². The number of fused-ring (bicyclic) bond motifs is 1. The molecule has 0 N–H and O–H groups in total. The molecule has 0 saturated heterocycles. The third kappa shape index (κ3) is 2.75. The van der Waals surface area contributed by atoms with E-state index >= 15 is 0 Å². The summed E-state index contributed by atoms with van der Waals surface area (Å²) in [6.07, 6.45) is 7.16. The van der Waals surface area contributed by atoms with Gasteiger partial charge in [-0.25, -0.2) is 0 Å². The lowest BCUT2D eigenvalue weighted by Gasteiger charge is -2.15. The smallest absolute Gasteiger partial charge is 0.00576 e. The lowest BCUT2D eigenvalue weighted by molar-refractivity contribution is 0.886. The van der Waals surface area contributed by atoms with Gasteiger partial charge in [-0.2, -0.15) is 0 Å². The zero-order chi connectivity index (χ0) is 15.7. The maximum atomic E-state index is 2.46. The quantitative estimate of drug-likeness (QED) is 0.622. The molecule has 2 aromatic rings. The summed E-state index contributed by atoms with van der Waals surface area (Å²) in [6.45, 7) is 8.93. The first kappa shape index (κ1) is 15.1. The van der Waals surface area contributed by atoms with E-state index in [1.54, 1.807) is 5.57 Å². The lowest BCUT2D eigenvalue weighted by Crippen LogP contribution is -1.95. The molecule has 114 valence electrons. The molecular weight excluding hydrogens is 264 g/mol. The molecule has 0 radical (unpaired) electrons. The Bertz CT molecular complexity index is 712. The van der Waals surface area contributed by atoms with E-state index < -0.39 is 0 Å². The standard InChI is InChI=1S/C22H26/c1-5-7-17-13-19-9-8-18(6-2)22(21(19)14-17)20-11-15(3)10-16(4)12-20/h8-12,14H,5-7,13H2,1-4H3. The molecule has 0 aliphatic heterocycles. The Labute approximate surface area is 134 Å². The van der Waals surface area contributed by atoms with Crippen molar-refractivity contribution < 1.29 is 0 Å². The molecule has 0 unspecified atom stereocenters. The van der Waals surface area contributed by atoms with Gasteiger partial charge >= 0.3 is 0 Å². The van der Waals surface area contributed by atoms with Crippen LogP contribution in [-0.2, 0) is 12.8 Å². The van der Waals surface area contributed by atoms with Gasteiger partial charge in [0.1, 0.15) is 0 Å². The third-order valence-corrected chi connectivity index (χ3v) is 4.65. The van der Waals surface area contributed by atoms with Gasteiger partial charge in [0.25, 0.3) is 0 Å². The molecule has 0 atom stereocenters. The third-order valence-electron chi connectivity index (χ3n) is 4.65. The van der Waals surface area contributed by atoms with Crippen LogP contribution in [0.25, 0.3) is 17.2 Å². The minimum absolute atomic E-state index is 1.09. The van der Waals surface area contributed by atoms with E-state index in [1.807, 2.05) is 0 Å². The fourth-order valence-corrected chi connectivity index (χ4v) is 3.76. The van der Waals surface area contributed by atoms with E-state index in [0.717, 1.165) is 12.8 Å². The van der Waals surface area contributed by atoms with Crippen LogP contribution in [0, 0.1) is 13.8 Å². The highest BCUT2D eigenvalue weighted by Gasteiger charge is 2.19. The number of allylic oxidation sites excluding steroid dienone is 1. The predicted octanol–water partition coefficient (Wildman–Crippen LogP) is 6.27. The summed E-state index contributed by atoms with van der Waals surface area (Å²) in [5, 5.41) is 0. The molecule has 0 heterocycles. The van der Waals surface area contributed by atoms with Gasteiger partial charge in [0.15, 0.2) is 0 Å². The highest BCUT2D eigenvalue weighted by atomic mass is 14.2. The first-order chi connectivity index (χ1) is 10.6. The average molecular weight is 290 g/mol.